The zero-order valence-electron chi connectivity index (χ0n) is 8.46. The van der Waals surface area contributed by atoms with Gasteiger partial charge in [-0.1, -0.05) is 19.8 Å². The van der Waals surface area contributed by atoms with Crippen molar-refractivity contribution in [2.45, 2.75) is 32.2 Å². The summed E-state index contributed by atoms with van der Waals surface area (Å²) in [5.41, 5.74) is 12.9. The molecule has 14 heavy (non-hydrogen) atoms. The van der Waals surface area contributed by atoms with E-state index >= 15 is 0 Å². The van der Waals surface area contributed by atoms with Gasteiger partial charge in [0.1, 0.15) is 5.82 Å². The zero-order chi connectivity index (χ0) is 10.6. The van der Waals surface area contributed by atoms with E-state index in [1.54, 1.807) is 6.07 Å². The molecule has 0 radical (unpaired) electrons. The number of nitrogens with two attached hydrogens (primary N) is 2. The molecule has 0 bridgehead atoms. The molecule has 1 aromatic carbocycles. The largest absolute Gasteiger partial charge is 0.398 e. The summed E-state index contributed by atoms with van der Waals surface area (Å²) in [6, 6.07) is 4.20. The molecule has 1 rings (SSSR count). The lowest BCUT2D eigenvalue weighted by Gasteiger charge is -2.13. The maximum absolute atomic E-state index is 12.9. The Hall–Kier alpha value is -1.09. The second kappa shape index (κ2) is 4.96. The molecule has 0 saturated heterocycles. The van der Waals surface area contributed by atoms with Crippen LogP contribution in [-0.4, -0.2) is 0 Å². The van der Waals surface area contributed by atoms with Crippen molar-refractivity contribution in [3.05, 3.63) is 29.6 Å². The van der Waals surface area contributed by atoms with E-state index in [1.165, 1.54) is 12.1 Å². The molecule has 4 N–H and O–H groups in total. The number of unbranched alkanes of at least 4 members (excludes halogenated alkanes) is 1. The van der Waals surface area contributed by atoms with Crippen LogP contribution in [0.5, 0.6) is 0 Å². The fraction of sp³-hybridized carbons (Fsp3) is 0.455. The van der Waals surface area contributed by atoms with Gasteiger partial charge >= 0.3 is 0 Å². The van der Waals surface area contributed by atoms with Gasteiger partial charge in [-0.2, -0.15) is 0 Å². The molecule has 0 heterocycles. The van der Waals surface area contributed by atoms with Crippen LogP contribution in [0.2, 0.25) is 0 Å². The quantitative estimate of drug-likeness (QED) is 0.727. The molecule has 0 aliphatic heterocycles. The Labute approximate surface area is 84.1 Å². The predicted molar refractivity (Wildman–Crippen MR) is 57.3 cm³/mol. The SMILES string of the molecule is CCCC[C@@H](N)c1cc(F)ccc1N. The summed E-state index contributed by atoms with van der Waals surface area (Å²) in [4.78, 5) is 0. The highest BCUT2D eigenvalue weighted by Gasteiger charge is 2.09. The van der Waals surface area contributed by atoms with Gasteiger partial charge in [-0.05, 0) is 30.2 Å². The Kier molecular flexibility index (Phi) is 3.89. The number of hydrogen-bond donors (Lipinski definition) is 2. The van der Waals surface area contributed by atoms with E-state index in [0.717, 1.165) is 24.8 Å². The van der Waals surface area contributed by atoms with Gasteiger partial charge in [0.05, 0.1) is 0 Å². The first-order valence-corrected chi connectivity index (χ1v) is 4.95. The van der Waals surface area contributed by atoms with Crippen molar-refractivity contribution in [1.82, 2.24) is 0 Å². The van der Waals surface area contributed by atoms with Crippen LogP contribution in [0.25, 0.3) is 0 Å². The summed E-state index contributed by atoms with van der Waals surface area (Å²) < 4.78 is 12.9. The maximum atomic E-state index is 12.9. The molecule has 0 aliphatic rings. The Morgan fingerprint density at radius 2 is 2.14 bits per heavy atom. The molecule has 2 nitrogen and oxygen atoms in total. The Morgan fingerprint density at radius 3 is 2.79 bits per heavy atom. The molecular weight excluding hydrogens is 179 g/mol. The number of rotatable bonds is 4. The molecular formula is C11H17FN2. The Balaban J connectivity index is 2.77. The van der Waals surface area contributed by atoms with Gasteiger partial charge < -0.3 is 11.5 Å². The number of nitrogen functional groups attached to an aromatic ring is 1. The molecule has 0 fully saturated rings. The number of anilines is 1. The van der Waals surface area contributed by atoms with Crippen LogP contribution in [0, 0.1) is 5.82 Å². The van der Waals surface area contributed by atoms with Gasteiger partial charge in [-0.25, -0.2) is 4.39 Å². The minimum absolute atomic E-state index is 0.148. The molecule has 78 valence electrons. The highest BCUT2D eigenvalue weighted by Crippen LogP contribution is 2.23. The van der Waals surface area contributed by atoms with Crippen LogP contribution in [0.3, 0.4) is 0 Å². The summed E-state index contributed by atoms with van der Waals surface area (Å²) in [7, 11) is 0. The first-order valence-electron chi connectivity index (χ1n) is 4.95. The fourth-order valence-corrected chi connectivity index (χ4v) is 1.45. The average molecular weight is 196 g/mol. The average Bonchev–Trinajstić information content (AvgIpc) is 2.18. The number of hydrogen-bond acceptors (Lipinski definition) is 2. The second-order valence-corrected chi connectivity index (χ2v) is 3.52. The highest BCUT2D eigenvalue weighted by atomic mass is 19.1. The summed E-state index contributed by atoms with van der Waals surface area (Å²) in [5, 5.41) is 0. The van der Waals surface area contributed by atoms with Crippen molar-refractivity contribution < 1.29 is 4.39 Å². The summed E-state index contributed by atoms with van der Waals surface area (Å²) >= 11 is 0. The monoisotopic (exact) mass is 196 g/mol. The summed E-state index contributed by atoms with van der Waals surface area (Å²) in [6.45, 7) is 2.10. The van der Waals surface area contributed by atoms with E-state index < -0.39 is 0 Å². The molecule has 0 spiro atoms. The van der Waals surface area contributed by atoms with Gasteiger partial charge in [0.25, 0.3) is 0 Å². The van der Waals surface area contributed by atoms with Gasteiger partial charge in [0, 0.05) is 11.7 Å². The van der Waals surface area contributed by atoms with Crippen LogP contribution in [-0.2, 0) is 0 Å². The van der Waals surface area contributed by atoms with Gasteiger partial charge in [0.2, 0.25) is 0 Å². The summed E-state index contributed by atoms with van der Waals surface area (Å²) in [5.74, 6) is -0.277. The van der Waals surface area contributed by atoms with E-state index in [9.17, 15) is 4.39 Å². The lowest BCUT2D eigenvalue weighted by molar-refractivity contribution is 0.590. The van der Waals surface area contributed by atoms with E-state index in [-0.39, 0.29) is 11.9 Å². The molecule has 0 amide bonds. The predicted octanol–water partition coefficient (Wildman–Crippen LogP) is 2.60. The van der Waals surface area contributed by atoms with E-state index in [2.05, 4.69) is 6.92 Å². The normalized spacial score (nSPS) is 12.8. The van der Waals surface area contributed by atoms with Crippen molar-refractivity contribution in [1.29, 1.82) is 0 Å². The number of halogens is 1. The Morgan fingerprint density at radius 1 is 1.43 bits per heavy atom. The van der Waals surface area contributed by atoms with Gasteiger partial charge in [0.15, 0.2) is 0 Å². The smallest absolute Gasteiger partial charge is 0.123 e. The molecule has 0 saturated carbocycles. The van der Waals surface area contributed by atoms with Crippen molar-refractivity contribution in [2.75, 3.05) is 5.73 Å². The zero-order valence-corrected chi connectivity index (χ0v) is 8.46. The third kappa shape index (κ3) is 2.70. The minimum atomic E-state index is -0.277. The molecule has 0 unspecified atom stereocenters. The van der Waals surface area contributed by atoms with E-state index in [4.69, 9.17) is 11.5 Å². The molecule has 0 aliphatic carbocycles. The van der Waals surface area contributed by atoms with Crippen LogP contribution in [0.15, 0.2) is 18.2 Å². The molecule has 1 atom stereocenters. The van der Waals surface area contributed by atoms with Crippen molar-refractivity contribution in [3.63, 3.8) is 0 Å². The first kappa shape index (κ1) is 11.0. The molecule has 0 aromatic heterocycles. The van der Waals surface area contributed by atoms with Gasteiger partial charge in [-0.3, -0.25) is 0 Å². The van der Waals surface area contributed by atoms with Crippen LogP contribution >= 0.6 is 0 Å². The Bertz CT molecular complexity index is 299. The second-order valence-electron chi connectivity index (χ2n) is 3.52. The maximum Gasteiger partial charge on any atom is 0.123 e. The van der Waals surface area contributed by atoms with Crippen LogP contribution in [0.1, 0.15) is 37.8 Å². The van der Waals surface area contributed by atoms with Crippen LogP contribution < -0.4 is 11.5 Å². The van der Waals surface area contributed by atoms with Crippen molar-refractivity contribution in [3.8, 4) is 0 Å². The lowest BCUT2D eigenvalue weighted by atomic mass is 10.0. The van der Waals surface area contributed by atoms with Crippen molar-refractivity contribution >= 4 is 5.69 Å². The number of benzene rings is 1. The summed E-state index contributed by atoms with van der Waals surface area (Å²) in [6.07, 6.45) is 2.98. The fourth-order valence-electron chi connectivity index (χ4n) is 1.45. The highest BCUT2D eigenvalue weighted by molar-refractivity contribution is 5.48. The lowest BCUT2D eigenvalue weighted by Crippen LogP contribution is -2.12. The van der Waals surface area contributed by atoms with E-state index in [1.807, 2.05) is 0 Å². The third-order valence-corrected chi connectivity index (χ3v) is 2.32. The van der Waals surface area contributed by atoms with E-state index in [0.29, 0.717) is 5.69 Å². The minimum Gasteiger partial charge on any atom is -0.398 e. The topological polar surface area (TPSA) is 52.0 Å². The van der Waals surface area contributed by atoms with Gasteiger partial charge in [-0.15, -0.1) is 0 Å². The van der Waals surface area contributed by atoms with Crippen molar-refractivity contribution in [2.24, 2.45) is 5.73 Å². The molecule has 1 aromatic rings. The standard InChI is InChI=1S/C11H17FN2/c1-2-3-4-10(13)9-7-8(12)5-6-11(9)14/h5-7,10H,2-4,13-14H2,1H3/t10-/m1/s1. The molecule has 3 heteroatoms. The van der Waals surface area contributed by atoms with Crippen LogP contribution in [0.4, 0.5) is 10.1 Å². The first-order chi connectivity index (χ1) is 6.65. The third-order valence-electron chi connectivity index (χ3n) is 2.32.